The molecule has 4 nitrogen and oxygen atoms in total. The van der Waals surface area contributed by atoms with E-state index in [1.807, 2.05) is 36.4 Å². The van der Waals surface area contributed by atoms with Crippen LogP contribution in [0.4, 0.5) is 0 Å². The van der Waals surface area contributed by atoms with Gasteiger partial charge in [-0.1, -0.05) is 30.3 Å². The molecule has 0 fully saturated rings. The molecule has 2 heterocycles. The molecule has 0 spiro atoms. The van der Waals surface area contributed by atoms with Crippen LogP contribution in [0.2, 0.25) is 0 Å². The number of benzene rings is 1. The van der Waals surface area contributed by atoms with E-state index in [9.17, 15) is 0 Å². The molecular formula is C11H8N4. The SMILES string of the molecule is c1ccc(-c2nc3ccncn3n2)cc1. The van der Waals surface area contributed by atoms with Gasteiger partial charge in [-0.15, -0.1) is 5.10 Å². The summed E-state index contributed by atoms with van der Waals surface area (Å²) >= 11 is 0. The van der Waals surface area contributed by atoms with E-state index >= 15 is 0 Å². The van der Waals surface area contributed by atoms with E-state index in [2.05, 4.69) is 15.1 Å². The standard InChI is InChI=1S/C11H8N4/c1-2-4-9(5-3-1)11-13-10-6-7-12-8-15(10)14-11/h1-8H. The van der Waals surface area contributed by atoms with Crippen molar-refractivity contribution in [1.29, 1.82) is 0 Å². The molecular weight excluding hydrogens is 188 g/mol. The van der Waals surface area contributed by atoms with Crippen LogP contribution in [0.1, 0.15) is 0 Å². The first kappa shape index (κ1) is 8.11. The van der Waals surface area contributed by atoms with Crippen molar-refractivity contribution >= 4 is 5.65 Å². The van der Waals surface area contributed by atoms with Crippen LogP contribution in [0.15, 0.2) is 48.9 Å². The monoisotopic (exact) mass is 196 g/mol. The molecule has 0 amide bonds. The molecule has 3 aromatic rings. The van der Waals surface area contributed by atoms with Gasteiger partial charge in [-0.3, -0.25) is 0 Å². The summed E-state index contributed by atoms with van der Waals surface area (Å²) in [6, 6.07) is 11.7. The van der Waals surface area contributed by atoms with Crippen molar-refractivity contribution in [2.24, 2.45) is 0 Å². The van der Waals surface area contributed by atoms with Gasteiger partial charge in [-0.2, -0.15) is 0 Å². The second-order valence-corrected chi connectivity index (χ2v) is 3.18. The van der Waals surface area contributed by atoms with E-state index in [4.69, 9.17) is 0 Å². The Bertz CT molecular complexity index is 553. The average Bonchev–Trinajstić information content (AvgIpc) is 2.74. The maximum atomic E-state index is 4.39. The van der Waals surface area contributed by atoms with Gasteiger partial charge in [-0.25, -0.2) is 14.5 Å². The Kier molecular flexibility index (Phi) is 1.71. The van der Waals surface area contributed by atoms with E-state index in [1.54, 1.807) is 17.0 Å². The van der Waals surface area contributed by atoms with Crippen molar-refractivity contribution in [3.63, 3.8) is 0 Å². The molecule has 2 aromatic heterocycles. The van der Waals surface area contributed by atoms with Crippen molar-refractivity contribution in [2.75, 3.05) is 0 Å². The highest BCUT2D eigenvalue weighted by Crippen LogP contribution is 2.14. The van der Waals surface area contributed by atoms with Gasteiger partial charge >= 0.3 is 0 Å². The second-order valence-electron chi connectivity index (χ2n) is 3.18. The zero-order chi connectivity index (χ0) is 10.1. The molecule has 0 radical (unpaired) electrons. The normalized spacial score (nSPS) is 10.7. The molecule has 0 unspecified atom stereocenters. The summed E-state index contributed by atoms with van der Waals surface area (Å²) < 4.78 is 1.67. The van der Waals surface area contributed by atoms with Crippen molar-refractivity contribution in [2.45, 2.75) is 0 Å². The average molecular weight is 196 g/mol. The number of rotatable bonds is 1. The van der Waals surface area contributed by atoms with Crippen molar-refractivity contribution in [3.8, 4) is 11.4 Å². The quantitative estimate of drug-likeness (QED) is 0.596. The molecule has 0 saturated carbocycles. The Morgan fingerprint density at radius 1 is 1.00 bits per heavy atom. The topological polar surface area (TPSA) is 43.1 Å². The molecule has 0 bridgehead atoms. The number of hydrogen-bond donors (Lipinski definition) is 0. The Morgan fingerprint density at radius 3 is 2.67 bits per heavy atom. The number of hydrogen-bond acceptors (Lipinski definition) is 3. The third-order valence-corrected chi connectivity index (χ3v) is 2.18. The maximum Gasteiger partial charge on any atom is 0.182 e. The lowest BCUT2D eigenvalue weighted by Crippen LogP contribution is -1.87. The lowest BCUT2D eigenvalue weighted by atomic mass is 10.2. The van der Waals surface area contributed by atoms with Crippen LogP contribution in [-0.4, -0.2) is 19.6 Å². The first-order valence-electron chi connectivity index (χ1n) is 4.65. The van der Waals surface area contributed by atoms with Gasteiger partial charge in [0.15, 0.2) is 11.5 Å². The molecule has 15 heavy (non-hydrogen) atoms. The van der Waals surface area contributed by atoms with Crippen LogP contribution in [-0.2, 0) is 0 Å². The Morgan fingerprint density at radius 2 is 1.87 bits per heavy atom. The van der Waals surface area contributed by atoms with Gasteiger partial charge in [0.1, 0.15) is 6.33 Å². The van der Waals surface area contributed by atoms with E-state index in [0.717, 1.165) is 17.0 Å². The van der Waals surface area contributed by atoms with Gasteiger partial charge < -0.3 is 0 Å². The van der Waals surface area contributed by atoms with Gasteiger partial charge in [0.25, 0.3) is 0 Å². The fourth-order valence-corrected chi connectivity index (χ4v) is 1.45. The smallest absolute Gasteiger partial charge is 0.182 e. The summed E-state index contributed by atoms with van der Waals surface area (Å²) in [6.07, 6.45) is 3.35. The highest BCUT2D eigenvalue weighted by Gasteiger charge is 2.04. The van der Waals surface area contributed by atoms with Crippen molar-refractivity contribution < 1.29 is 0 Å². The van der Waals surface area contributed by atoms with Gasteiger partial charge in [0.05, 0.1) is 0 Å². The van der Waals surface area contributed by atoms with Crippen LogP contribution in [0.25, 0.3) is 17.0 Å². The summed E-state index contributed by atoms with van der Waals surface area (Å²) in [6.45, 7) is 0. The van der Waals surface area contributed by atoms with Crippen LogP contribution in [0, 0.1) is 0 Å². The number of nitrogens with zero attached hydrogens (tertiary/aromatic N) is 4. The Balaban J connectivity index is 2.21. The third kappa shape index (κ3) is 1.36. The van der Waals surface area contributed by atoms with Crippen LogP contribution in [0.3, 0.4) is 0 Å². The summed E-state index contributed by atoms with van der Waals surface area (Å²) in [7, 11) is 0. The van der Waals surface area contributed by atoms with Gasteiger partial charge in [0.2, 0.25) is 0 Å². The molecule has 0 N–H and O–H groups in total. The summed E-state index contributed by atoms with van der Waals surface area (Å²) in [4.78, 5) is 8.38. The molecule has 0 atom stereocenters. The molecule has 3 rings (SSSR count). The largest absolute Gasteiger partial charge is 0.245 e. The molecule has 0 aliphatic heterocycles. The summed E-state index contributed by atoms with van der Waals surface area (Å²) in [5.74, 6) is 0.726. The van der Waals surface area contributed by atoms with Gasteiger partial charge in [-0.05, 0) is 0 Å². The van der Waals surface area contributed by atoms with Crippen LogP contribution >= 0.6 is 0 Å². The zero-order valence-corrected chi connectivity index (χ0v) is 7.91. The minimum Gasteiger partial charge on any atom is -0.245 e. The van der Waals surface area contributed by atoms with Crippen LogP contribution < -0.4 is 0 Å². The summed E-state index contributed by atoms with van der Waals surface area (Å²) in [5, 5.41) is 4.33. The number of fused-ring (bicyclic) bond motifs is 1. The number of aromatic nitrogens is 4. The Hall–Kier alpha value is -2.23. The van der Waals surface area contributed by atoms with Crippen molar-refractivity contribution in [1.82, 2.24) is 19.6 Å². The fourth-order valence-electron chi connectivity index (χ4n) is 1.45. The maximum absolute atomic E-state index is 4.39. The van der Waals surface area contributed by atoms with Gasteiger partial charge in [0, 0.05) is 17.8 Å². The fraction of sp³-hybridized carbons (Fsp3) is 0. The first-order valence-corrected chi connectivity index (χ1v) is 4.65. The summed E-state index contributed by atoms with van der Waals surface area (Å²) in [5.41, 5.74) is 1.82. The van der Waals surface area contributed by atoms with Crippen molar-refractivity contribution in [3.05, 3.63) is 48.9 Å². The Labute approximate surface area is 86.2 Å². The second kappa shape index (κ2) is 3.16. The predicted octanol–water partition coefficient (Wildman–Crippen LogP) is 1.79. The predicted molar refractivity (Wildman–Crippen MR) is 56.2 cm³/mol. The molecule has 0 aliphatic carbocycles. The van der Waals surface area contributed by atoms with E-state index in [-0.39, 0.29) is 0 Å². The van der Waals surface area contributed by atoms with Crippen LogP contribution in [0.5, 0.6) is 0 Å². The third-order valence-electron chi connectivity index (χ3n) is 2.18. The molecule has 0 aliphatic rings. The first-order chi connectivity index (χ1) is 7.43. The van der Waals surface area contributed by atoms with E-state index in [1.165, 1.54) is 0 Å². The highest BCUT2D eigenvalue weighted by molar-refractivity contribution is 5.57. The highest BCUT2D eigenvalue weighted by atomic mass is 15.3. The minimum absolute atomic E-state index is 0.726. The lowest BCUT2D eigenvalue weighted by molar-refractivity contribution is 0.925. The minimum atomic E-state index is 0.726. The lowest BCUT2D eigenvalue weighted by Gasteiger charge is -1.90. The molecule has 0 saturated heterocycles. The van der Waals surface area contributed by atoms with E-state index in [0.29, 0.717) is 0 Å². The van der Waals surface area contributed by atoms with E-state index < -0.39 is 0 Å². The molecule has 4 heteroatoms. The molecule has 1 aromatic carbocycles. The molecule has 72 valence electrons. The zero-order valence-electron chi connectivity index (χ0n) is 7.91.